The number of carboxylic acid groups (broad SMARTS) is 1. The molecule has 1 heterocycles. The second kappa shape index (κ2) is 7.38. The molecule has 1 aliphatic carbocycles. The summed E-state index contributed by atoms with van der Waals surface area (Å²) in [6.45, 7) is 2.41. The van der Waals surface area contributed by atoms with Gasteiger partial charge in [-0.25, -0.2) is 9.59 Å². The van der Waals surface area contributed by atoms with Crippen LogP contribution in [0.2, 0.25) is 0 Å². The molecule has 0 aliphatic heterocycles. The molecule has 0 atom stereocenters. The number of carboxylic acids is 1. The van der Waals surface area contributed by atoms with Gasteiger partial charge >= 0.3 is 11.6 Å². The van der Waals surface area contributed by atoms with Gasteiger partial charge in [0.25, 0.3) is 0 Å². The Kier molecular flexibility index (Phi) is 4.77. The van der Waals surface area contributed by atoms with Crippen LogP contribution in [0.3, 0.4) is 0 Å². The standard InChI is InChI=1S/C22H20O6/c1-13-19(27-11-10-26-15-5-2-4-14(12-15)21(23)24)9-8-17-16-6-3-7-18(16)22(25)28-20(13)17/h2,4-5,8-9,12H,3,6-7,10-11H2,1H3,(H,23,24). The van der Waals surface area contributed by atoms with Crippen LogP contribution in [0.1, 0.15) is 33.5 Å². The van der Waals surface area contributed by atoms with Gasteiger partial charge in [0.2, 0.25) is 0 Å². The maximum absolute atomic E-state index is 12.2. The number of carbonyl (C=O) groups is 1. The zero-order chi connectivity index (χ0) is 19.7. The molecule has 1 N–H and O–H groups in total. The summed E-state index contributed by atoms with van der Waals surface area (Å²) in [5.41, 5.74) is 3.20. The lowest BCUT2D eigenvalue weighted by atomic mass is 10.0. The molecule has 0 bridgehead atoms. The van der Waals surface area contributed by atoms with Crippen LogP contribution in [-0.4, -0.2) is 24.3 Å². The van der Waals surface area contributed by atoms with Crippen molar-refractivity contribution in [3.8, 4) is 11.5 Å². The normalized spacial score (nSPS) is 12.8. The van der Waals surface area contributed by atoms with Crippen LogP contribution in [0.15, 0.2) is 45.6 Å². The summed E-state index contributed by atoms with van der Waals surface area (Å²) in [5.74, 6) is 0.109. The van der Waals surface area contributed by atoms with Crippen molar-refractivity contribution in [2.75, 3.05) is 13.2 Å². The highest BCUT2D eigenvalue weighted by Crippen LogP contribution is 2.33. The number of aromatic carboxylic acids is 1. The average molecular weight is 380 g/mol. The van der Waals surface area contributed by atoms with Gasteiger partial charge in [-0.2, -0.15) is 0 Å². The summed E-state index contributed by atoms with van der Waals surface area (Å²) in [7, 11) is 0. The van der Waals surface area contributed by atoms with Crippen molar-refractivity contribution in [3.05, 3.63) is 69.1 Å². The first kappa shape index (κ1) is 18.1. The second-order valence-electron chi connectivity index (χ2n) is 6.80. The van der Waals surface area contributed by atoms with E-state index in [1.807, 2.05) is 19.1 Å². The Labute approximate surface area is 161 Å². The first-order chi connectivity index (χ1) is 13.5. The first-order valence-electron chi connectivity index (χ1n) is 9.21. The van der Waals surface area contributed by atoms with Gasteiger partial charge in [-0.05, 0) is 62.1 Å². The van der Waals surface area contributed by atoms with Crippen molar-refractivity contribution in [1.29, 1.82) is 0 Å². The van der Waals surface area contributed by atoms with Gasteiger partial charge < -0.3 is 19.0 Å². The molecule has 1 aromatic heterocycles. The van der Waals surface area contributed by atoms with Crippen molar-refractivity contribution in [3.63, 3.8) is 0 Å². The molecule has 0 radical (unpaired) electrons. The Morgan fingerprint density at radius 2 is 1.89 bits per heavy atom. The topological polar surface area (TPSA) is 86.0 Å². The average Bonchev–Trinajstić information content (AvgIpc) is 3.18. The summed E-state index contributed by atoms with van der Waals surface area (Å²) in [4.78, 5) is 23.2. The Morgan fingerprint density at radius 3 is 2.71 bits per heavy atom. The minimum Gasteiger partial charge on any atom is -0.490 e. The maximum Gasteiger partial charge on any atom is 0.339 e. The number of fused-ring (bicyclic) bond motifs is 3. The summed E-state index contributed by atoms with van der Waals surface area (Å²) in [5, 5.41) is 10.00. The van der Waals surface area contributed by atoms with Gasteiger partial charge in [-0.15, -0.1) is 0 Å². The Morgan fingerprint density at radius 1 is 1.11 bits per heavy atom. The summed E-state index contributed by atoms with van der Waals surface area (Å²) >= 11 is 0. The molecule has 0 saturated heterocycles. The molecule has 2 aromatic carbocycles. The lowest BCUT2D eigenvalue weighted by Crippen LogP contribution is -2.11. The molecule has 1 aliphatic rings. The first-order valence-corrected chi connectivity index (χ1v) is 9.21. The zero-order valence-electron chi connectivity index (χ0n) is 15.5. The quantitative estimate of drug-likeness (QED) is 0.518. The number of rotatable bonds is 6. The summed E-state index contributed by atoms with van der Waals surface area (Å²) < 4.78 is 16.9. The molecule has 6 nitrogen and oxygen atoms in total. The number of ether oxygens (including phenoxy) is 2. The zero-order valence-corrected chi connectivity index (χ0v) is 15.5. The van der Waals surface area contributed by atoms with E-state index in [1.54, 1.807) is 12.1 Å². The molecule has 6 heteroatoms. The molecule has 0 saturated carbocycles. The van der Waals surface area contributed by atoms with E-state index in [0.717, 1.165) is 41.3 Å². The van der Waals surface area contributed by atoms with Gasteiger partial charge in [-0.1, -0.05) is 6.07 Å². The van der Waals surface area contributed by atoms with Crippen LogP contribution < -0.4 is 15.1 Å². The minimum absolute atomic E-state index is 0.173. The largest absolute Gasteiger partial charge is 0.490 e. The molecule has 0 unspecified atom stereocenters. The molecule has 28 heavy (non-hydrogen) atoms. The highest BCUT2D eigenvalue weighted by molar-refractivity contribution is 5.88. The maximum atomic E-state index is 12.2. The van der Waals surface area contributed by atoms with E-state index in [0.29, 0.717) is 17.1 Å². The lowest BCUT2D eigenvalue weighted by Gasteiger charge is -2.13. The Bertz CT molecular complexity index is 1110. The van der Waals surface area contributed by atoms with Crippen molar-refractivity contribution in [1.82, 2.24) is 0 Å². The fourth-order valence-electron chi connectivity index (χ4n) is 3.65. The lowest BCUT2D eigenvalue weighted by molar-refractivity contribution is 0.0696. The Balaban J connectivity index is 1.46. The highest BCUT2D eigenvalue weighted by Gasteiger charge is 2.21. The van der Waals surface area contributed by atoms with E-state index < -0.39 is 5.97 Å². The van der Waals surface area contributed by atoms with Crippen LogP contribution in [0.4, 0.5) is 0 Å². The van der Waals surface area contributed by atoms with E-state index in [1.165, 1.54) is 12.1 Å². The third-order valence-electron chi connectivity index (χ3n) is 5.03. The van der Waals surface area contributed by atoms with Crippen LogP contribution >= 0.6 is 0 Å². The predicted octanol–water partition coefficient (Wildman–Crippen LogP) is 3.75. The van der Waals surface area contributed by atoms with Crippen LogP contribution in [0.25, 0.3) is 11.0 Å². The highest BCUT2D eigenvalue weighted by atomic mass is 16.5. The van der Waals surface area contributed by atoms with E-state index in [4.69, 9.17) is 19.0 Å². The molecule has 0 spiro atoms. The van der Waals surface area contributed by atoms with Crippen LogP contribution in [0, 0.1) is 6.92 Å². The van der Waals surface area contributed by atoms with E-state index in [9.17, 15) is 9.59 Å². The van der Waals surface area contributed by atoms with Gasteiger partial charge in [0.1, 0.15) is 30.3 Å². The van der Waals surface area contributed by atoms with Crippen molar-refractivity contribution >= 4 is 16.9 Å². The third kappa shape index (κ3) is 3.33. The molecular weight excluding hydrogens is 360 g/mol. The molecule has 3 aromatic rings. The fourth-order valence-corrected chi connectivity index (χ4v) is 3.65. The van der Waals surface area contributed by atoms with Crippen molar-refractivity contribution in [2.45, 2.75) is 26.2 Å². The van der Waals surface area contributed by atoms with Gasteiger partial charge in [0.05, 0.1) is 5.56 Å². The van der Waals surface area contributed by atoms with E-state index in [-0.39, 0.29) is 24.4 Å². The van der Waals surface area contributed by atoms with Crippen LogP contribution in [0.5, 0.6) is 11.5 Å². The number of aryl methyl sites for hydroxylation is 2. The third-order valence-corrected chi connectivity index (χ3v) is 5.03. The fraction of sp³-hybridized carbons (Fsp3) is 0.273. The molecule has 144 valence electrons. The summed E-state index contributed by atoms with van der Waals surface area (Å²) in [6, 6.07) is 10.1. The molecular formula is C22H20O6. The number of hydrogen-bond acceptors (Lipinski definition) is 5. The van der Waals surface area contributed by atoms with E-state index >= 15 is 0 Å². The van der Waals surface area contributed by atoms with Gasteiger partial charge in [0.15, 0.2) is 0 Å². The monoisotopic (exact) mass is 380 g/mol. The Hall–Kier alpha value is -3.28. The predicted molar refractivity (Wildman–Crippen MR) is 104 cm³/mol. The van der Waals surface area contributed by atoms with Crippen LogP contribution in [-0.2, 0) is 12.8 Å². The molecule has 4 rings (SSSR count). The van der Waals surface area contributed by atoms with Crippen molar-refractivity contribution in [2.24, 2.45) is 0 Å². The molecule has 0 amide bonds. The SMILES string of the molecule is Cc1c(OCCOc2cccc(C(=O)O)c2)ccc2c3c(c(=O)oc12)CCC3. The minimum atomic E-state index is -0.999. The van der Waals surface area contributed by atoms with Gasteiger partial charge in [0, 0.05) is 16.5 Å². The number of benzene rings is 2. The van der Waals surface area contributed by atoms with Crippen molar-refractivity contribution < 1.29 is 23.8 Å². The van der Waals surface area contributed by atoms with E-state index in [2.05, 4.69) is 0 Å². The smallest absolute Gasteiger partial charge is 0.339 e. The summed E-state index contributed by atoms with van der Waals surface area (Å²) in [6.07, 6.45) is 2.67. The molecule has 0 fully saturated rings. The number of hydrogen-bond donors (Lipinski definition) is 1. The van der Waals surface area contributed by atoms with Gasteiger partial charge in [-0.3, -0.25) is 0 Å². The second-order valence-corrected chi connectivity index (χ2v) is 6.80.